The second-order valence-corrected chi connectivity index (χ2v) is 4.74. The van der Waals surface area contributed by atoms with Gasteiger partial charge in [0.05, 0.1) is 11.6 Å². The van der Waals surface area contributed by atoms with Crippen molar-refractivity contribution in [2.75, 3.05) is 18.2 Å². The molecule has 0 unspecified atom stereocenters. The molecule has 1 fully saturated rings. The predicted octanol–water partition coefficient (Wildman–Crippen LogP) is 1.16. The zero-order valence-corrected chi connectivity index (χ0v) is 10.4. The highest BCUT2D eigenvalue weighted by atomic mass is 16.7. The molecule has 0 saturated carbocycles. The van der Waals surface area contributed by atoms with E-state index in [1.165, 1.54) is 4.90 Å². The molecule has 100 valence electrons. The van der Waals surface area contributed by atoms with Gasteiger partial charge < -0.3 is 19.5 Å². The molecule has 1 aromatic carbocycles. The van der Waals surface area contributed by atoms with E-state index in [0.29, 0.717) is 17.2 Å². The third kappa shape index (κ3) is 1.89. The number of carbonyl (C=O) groups excluding carboxylic acids is 1. The first-order chi connectivity index (χ1) is 9.06. The van der Waals surface area contributed by atoms with Crippen LogP contribution in [0.3, 0.4) is 0 Å². The normalized spacial score (nSPS) is 21.0. The first-order valence-electron chi connectivity index (χ1n) is 5.99. The Kier molecular flexibility index (Phi) is 2.58. The molecule has 2 aliphatic heterocycles. The minimum absolute atomic E-state index is 0.0449. The minimum Gasteiger partial charge on any atom is -0.481 e. The summed E-state index contributed by atoms with van der Waals surface area (Å²) >= 11 is 0. The Morgan fingerprint density at radius 2 is 2.05 bits per heavy atom. The van der Waals surface area contributed by atoms with Gasteiger partial charge in [0.2, 0.25) is 12.7 Å². The fourth-order valence-corrected chi connectivity index (χ4v) is 2.43. The van der Waals surface area contributed by atoms with E-state index < -0.39 is 11.9 Å². The summed E-state index contributed by atoms with van der Waals surface area (Å²) in [4.78, 5) is 24.4. The molecule has 1 saturated heterocycles. The molecule has 0 aliphatic carbocycles. The van der Waals surface area contributed by atoms with Gasteiger partial charge in [0, 0.05) is 19.0 Å². The third-order valence-electron chi connectivity index (χ3n) is 3.46. The maximum Gasteiger partial charge on any atom is 0.308 e. The van der Waals surface area contributed by atoms with E-state index in [4.69, 9.17) is 14.6 Å². The van der Waals surface area contributed by atoms with Crippen LogP contribution in [0.25, 0.3) is 0 Å². The second-order valence-electron chi connectivity index (χ2n) is 4.74. The van der Waals surface area contributed by atoms with E-state index in [1.54, 1.807) is 12.1 Å². The van der Waals surface area contributed by atoms with Gasteiger partial charge in [-0.2, -0.15) is 0 Å². The maximum absolute atomic E-state index is 11.9. The molecule has 2 aliphatic rings. The lowest BCUT2D eigenvalue weighted by molar-refractivity contribution is -0.141. The Labute approximate surface area is 109 Å². The van der Waals surface area contributed by atoms with E-state index in [-0.39, 0.29) is 25.7 Å². The Morgan fingerprint density at radius 3 is 2.68 bits per heavy atom. The molecule has 1 N–H and O–H groups in total. The first kappa shape index (κ1) is 11.8. The molecule has 0 radical (unpaired) electrons. The number of carboxylic acid groups (broad SMARTS) is 1. The van der Waals surface area contributed by atoms with Crippen molar-refractivity contribution in [2.45, 2.75) is 13.3 Å². The zero-order chi connectivity index (χ0) is 13.6. The van der Waals surface area contributed by atoms with Crippen LogP contribution in [0.2, 0.25) is 0 Å². The molecule has 0 aromatic heterocycles. The van der Waals surface area contributed by atoms with Crippen LogP contribution in [0.5, 0.6) is 11.5 Å². The van der Waals surface area contributed by atoms with Crippen molar-refractivity contribution in [3.8, 4) is 11.5 Å². The van der Waals surface area contributed by atoms with Crippen LogP contribution >= 0.6 is 0 Å². The van der Waals surface area contributed by atoms with Crippen molar-refractivity contribution >= 4 is 17.6 Å². The van der Waals surface area contributed by atoms with Gasteiger partial charge in [0.25, 0.3) is 0 Å². The fraction of sp³-hybridized carbons (Fsp3) is 0.385. The third-order valence-corrected chi connectivity index (χ3v) is 3.46. The molecule has 6 nitrogen and oxygen atoms in total. The number of fused-ring (bicyclic) bond motifs is 1. The van der Waals surface area contributed by atoms with E-state index in [2.05, 4.69) is 0 Å². The molecule has 2 heterocycles. The predicted molar refractivity (Wildman–Crippen MR) is 65.4 cm³/mol. The molecule has 0 bridgehead atoms. The molecular formula is C13H13NO5. The summed E-state index contributed by atoms with van der Waals surface area (Å²) < 4.78 is 10.6. The van der Waals surface area contributed by atoms with Crippen molar-refractivity contribution in [3.63, 3.8) is 0 Å². The van der Waals surface area contributed by atoms with Crippen LogP contribution in [-0.2, 0) is 9.59 Å². The molecule has 6 heteroatoms. The second kappa shape index (κ2) is 4.15. The quantitative estimate of drug-likeness (QED) is 0.866. The Hall–Kier alpha value is -2.24. The van der Waals surface area contributed by atoms with Crippen LogP contribution in [0.1, 0.15) is 12.0 Å². The Morgan fingerprint density at radius 1 is 1.37 bits per heavy atom. The summed E-state index contributed by atoms with van der Waals surface area (Å²) in [7, 11) is 0. The number of nitrogens with zero attached hydrogens (tertiary/aromatic N) is 1. The first-order valence-corrected chi connectivity index (χ1v) is 5.99. The number of carboxylic acids is 1. The Balaban J connectivity index is 1.95. The summed E-state index contributed by atoms with van der Waals surface area (Å²) in [6.07, 6.45) is 0.0449. The van der Waals surface area contributed by atoms with Gasteiger partial charge in [-0.3, -0.25) is 9.59 Å². The van der Waals surface area contributed by atoms with Gasteiger partial charge >= 0.3 is 5.97 Å². The van der Waals surface area contributed by atoms with Gasteiger partial charge in [0.1, 0.15) is 0 Å². The average molecular weight is 263 g/mol. The minimum atomic E-state index is -0.936. The van der Waals surface area contributed by atoms with E-state index in [9.17, 15) is 9.59 Å². The van der Waals surface area contributed by atoms with Gasteiger partial charge in [0.15, 0.2) is 11.5 Å². The fourth-order valence-electron chi connectivity index (χ4n) is 2.43. The van der Waals surface area contributed by atoms with Crippen molar-refractivity contribution < 1.29 is 24.2 Å². The molecular weight excluding hydrogens is 250 g/mol. The van der Waals surface area contributed by atoms with Crippen LogP contribution in [-0.4, -0.2) is 30.3 Å². The molecule has 1 aromatic rings. The number of aliphatic carboxylic acids is 1. The lowest BCUT2D eigenvalue weighted by Crippen LogP contribution is -2.26. The average Bonchev–Trinajstić information content (AvgIpc) is 2.94. The van der Waals surface area contributed by atoms with Crippen LogP contribution in [0.4, 0.5) is 5.69 Å². The van der Waals surface area contributed by atoms with E-state index >= 15 is 0 Å². The number of benzene rings is 1. The van der Waals surface area contributed by atoms with Crippen molar-refractivity contribution in [1.82, 2.24) is 0 Å². The standard InChI is InChI=1S/C13H13NO5/c1-7-2-10-11(19-6-18-10)4-9(7)14-5-8(13(16)17)3-12(14)15/h2,4,8H,3,5-6H2,1H3,(H,16,17)/t8-/m0/s1. The maximum atomic E-state index is 11.9. The van der Waals surface area contributed by atoms with Crippen LogP contribution in [0.15, 0.2) is 12.1 Å². The van der Waals surface area contributed by atoms with Crippen LogP contribution in [0, 0.1) is 12.8 Å². The number of anilines is 1. The number of hydrogen-bond donors (Lipinski definition) is 1. The van der Waals surface area contributed by atoms with Crippen LogP contribution < -0.4 is 14.4 Å². The van der Waals surface area contributed by atoms with Gasteiger partial charge in [-0.05, 0) is 18.6 Å². The number of rotatable bonds is 2. The number of ether oxygens (including phenoxy) is 2. The molecule has 1 amide bonds. The summed E-state index contributed by atoms with van der Waals surface area (Å²) in [6.45, 7) is 2.23. The summed E-state index contributed by atoms with van der Waals surface area (Å²) in [5, 5.41) is 9.00. The topological polar surface area (TPSA) is 76.1 Å². The van der Waals surface area contributed by atoms with Crippen molar-refractivity contribution in [2.24, 2.45) is 5.92 Å². The Bertz CT molecular complexity index is 568. The number of amides is 1. The lowest BCUT2D eigenvalue weighted by atomic mass is 10.1. The lowest BCUT2D eigenvalue weighted by Gasteiger charge is -2.19. The van der Waals surface area contributed by atoms with Gasteiger partial charge in [-0.25, -0.2) is 0 Å². The highest BCUT2D eigenvalue weighted by Gasteiger charge is 2.36. The smallest absolute Gasteiger partial charge is 0.308 e. The summed E-state index contributed by atoms with van der Waals surface area (Å²) in [6, 6.07) is 3.54. The largest absolute Gasteiger partial charge is 0.481 e. The number of carbonyl (C=O) groups is 2. The highest BCUT2D eigenvalue weighted by Crippen LogP contribution is 2.39. The highest BCUT2D eigenvalue weighted by molar-refractivity contribution is 6.00. The number of aryl methyl sites for hydroxylation is 1. The van der Waals surface area contributed by atoms with Gasteiger partial charge in [-0.1, -0.05) is 0 Å². The molecule has 0 spiro atoms. The summed E-state index contributed by atoms with van der Waals surface area (Å²) in [5.41, 5.74) is 1.56. The monoisotopic (exact) mass is 263 g/mol. The molecule has 1 atom stereocenters. The van der Waals surface area contributed by atoms with Crippen molar-refractivity contribution in [3.05, 3.63) is 17.7 Å². The number of hydrogen-bond acceptors (Lipinski definition) is 4. The van der Waals surface area contributed by atoms with Gasteiger partial charge in [-0.15, -0.1) is 0 Å². The van der Waals surface area contributed by atoms with Crippen molar-refractivity contribution in [1.29, 1.82) is 0 Å². The zero-order valence-electron chi connectivity index (χ0n) is 10.4. The van der Waals surface area contributed by atoms with E-state index in [0.717, 1.165) is 5.56 Å². The molecule has 3 rings (SSSR count). The summed E-state index contributed by atoms with van der Waals surface area (Å²) in [5.74, 6) is -0.504. The SMILES string of the molecule is Cc1cc2c(cc1N1C[C@@H](C(=O)O)CC1=O)OCO2. The van der Waals surface area contributed by atoms with E-state index in [1.807, 2.05) is 6.92 Å². The molecule has 19 heavy (non-hydrogen) atoms.